The van der Waals surface area contributed by atoms with E-state index in [9.17, 15) is 19.5 Å². The standard InChI is InChI=1S/C28H31FN2O4/c1-19-17-23(13-15-31(19)34)22-7-5-21(6-8-22)20(2)30-16-14-28(35-26(30)32,18-27(3,4)33)24-9-11-25(29)12-10-24/h5-13,15,17,20,33H,14,16,18H2,1-4H3/t20-,28?/m0/s1. The third-order valence-electron chi connectivity index (χ3n) is 6.66. The predicted octanol–water partition coefficient (Wildman–Crippen LogP) is 5.39. The number of aliphatic hydroxyl groups is 1. The molecule has 0 spiro atoms. The number of aromatic nitrogens is 1. The number of aryl methyl sites for hydroxylation is 1. The van der Waals surface area contributed by atoms with Gasteiger partial charge in [-0.3, -0.25) is 0 Å². The second-order valence-electron chi connectivity index (χ2n) is 9.98. The Morgan fingerprint density at radius 3 is 2.37 bits per heavy atom. The highest BCUT2D eigenvalue weighted by molar-refractivity contribution is 5.70. The van der Waals surface area contributed by atoms with Crippen LogP contribution in [0.2, 0.25) is 0 Å². The second kappa shape index (κ2) is 9.30. The predicted molar refractivity (Wildman–Crippen MR) is 131 cm³/mol. The zero-order valence-electron chi connectivity index (χ0n) is 20.5. The number of carbonyl (C=O) groups excluding carboxylic acids is 1. The summed E-state index contributed by atoms with van der Waals surface area (Å²) >= 11 is 0. The maximum absolute atomic E-state index is 13.5. The summed E-state index contributed by atoms with van der Waals surface area (Å²) in [6, 6.07) is 17.2. The monoisotopic (exact) mass is 478 g/mol. The Labute approximate surface area is 205 Å². The van der Waals surface area contributed by atoms with Crippen LogP contribution in [0.25, 0.3) is 11.1 Å². The fourth-order valence-corrected chi connectivity index (χ4v) is 4.82. The van der Waals surface area contributed by atoms with Crippen LogP contribution in [0.5, 0.6) is 0 Å². The number of carbonyl (C=O) groups is 1. The van der Waals surface area contributed by atoms with Gasteiger partial charge in [0, 0.05) is 38.4 Å². The van der Waals surface area contributed by atoms with E-state index in [-0.39, 0.29) is 18.3 Å². The van der Waals surface area contributed by atoms with Gasteiger partial charge >= 0.3 is 6.09 Å². The van der Waals surface area contributed by atoms with E-state index in [1.165, 1.54) is 18.3 Å². The zero-order chi connectivity index (χ0) is 25.4. The van der Waals surface area contributed by atoms with Crippen molar-refractivity contribution >= 4 is 6.09 Å². The molecule has 2 heterocycles. The quantitative estimate of drug-likeness (QED) is 0.380. The number of hydrogen-bond donors (Lipinski definition) is 1. The molecule has 6 nitrogen and oxygen atoms in total. The third kappa shape index (κ3) is 5.30. The number of amides is 1. The molecule has 1 fully saturated rings. The molecule has 1 aromatic heterocycles. The van der Waals surface area contributed by atoms with Crippen molar-refractivity contribution in [1.82, 2.24) is 4.90 Å². The summed E-state index contributed by atoms with van der Waals surface area (Å²) in [5.41, 5.74) is 2.05. The molecule has 35 heavy (non-hydrogen) atoms. The van der Waals surface area contributed by atoms with E-state index in [0.29, 0.717) is 24.2 Å². The Balaban J connectivity index is 1.54. The molecule has 2 aromatic carbocycles. The molecule has 1 aliphatic rings. The molecule has 0 radical (unpaired) electrons. The van der Waals surface area contributed by atoms with E-state index in [4.69, 9.17) is 4.74 Å². The Morgan fingerprint density at radius 2 is 1.80 bits per heavy atom. The Kier molecular flexibility index (Phi) is 6.56. The lowest BCUT2D eigenvalue weighted by Gasteiger charge is -2.45. The Hall–Kier alpha value is -3.45. The van der Waals surface area contributed by atoms with E-state index in [2.05, 4.69) is 0 Å². The lowest BCUT2D eigenvalue weighted by atomic mass is 9.80. The van der Waals surface area contributed by atoms with Gasteiger partial charge in [-0.15, -0.1) is 0 Å². The van der Waals surface area contributed by atoms with Crippen molar-refractivity contribution in [2.24, 2.45) is 0 Å². The van der Waals surface area contributed by atoms with Gasteiger partial charge in [0.25, 0.3) is 0 Å². The molecule has 0 aliphatic carbocycles. The number of nitrogens with zero attached hydrogens (tertiary/aromatic N) is 2. The molecular weight excluding hydrogens is 447 g/mol. The summed E-state index contributed by atoms with van der Waals surface area (Å²) in [6.07, 6.45) is 1.69. The zero-order valence-corrected chi connectivity index (χ0v) is 20.5. The summed E-state index contributed by atoms with van der Waals surface area (Å²) < 4.78 is 20.4. The minimum atomic E-state index is -1.08. The molecule has 1 amide bonds. The van der Waals surface area contributed by atoms with E-state index >= 15 is 0 Å². The summed E-state index contributed by atoms with van der Waals surface area (Å²) in [6.45, 7) is 7.49. The fraction of sp³-hybridized carbons (Fsp3) is 0.357. The topological polar surface area (TPSA) is 76.7 Å². The van der Waals surface area contributed by atoms with Crippen LogP contribution in [-0.2, 0) is 10.3 Å². The molecule has 1 aliphatic heterocycles. The van der Waals surface area contributed by atoms with Crippen molar-refractivity contribution in [3.05, 3.63) is 94.7 Å². The molecule has 1 N–H and O–H groups in total. The minimum Gasteiger partial charge on any atom is -0.619 e. The number of benzene rings is 2. The summed E-state index contributed by atoms with van der Waals surface area (Å²) in [5.74, 6) is -0.370. The van der Waals surface area contributed by atoms with E-state index in [1.807, 2.05) is 37.3 Å². The largest absolute Gasteiger partial charge is 0.619 e. The average Bonchev–Trinajstić information content (AvgIpc) is 2.80. The van der Waals surface area contributed by atoms with Crippen LogP contribution < -0.4 is 4.73 Å². The lowest BCUT2D eigenvalue weighted by molar-refractivity contribution is -0.612. The van der Waals surface area contributed by atoms with E-state index < -0.39 is 17.3 Å². The van der Waals surface area contributed by atoms with E-state index in [0.717, 1.165) is 21.4 Å². The van der Waals surface area contributed by atoms with Gasteiger partial charge in [0.15, 0.2) is 11.9 Å². The highest BCUT2D eigenvalue weighted by Gasteiger charge is 2.46. The highest BCUT2D eigenvalue weighted by atomic mass is 19.1. The second-order valence-corrected chi connectivity index (χ2v) is 9.98. The molecule has 0 saturated carbocycles. The van der Waals surface area contributed by atoms with Crippen LogP contribution in [0.4, 0.5) is 9.18 Å². The van der Waals surface area contributed by atoms with Gasteiger partial charge < -0.3 is 20.0 Å². The number of pyridine rings is 1. The Bertz CT molecular complexity index is 1210. The van der Waals surface area contributed by atoms with Crippen LogP contribution >= 0.6 is 0 Å². The van der Waals surface area contributed by atoms with E-state index in [1.54, 1.807) is 43.9 Å². The minimum absolute atomic E-state index is 0.203. The van der Waals surface area contributed by atoms with Crippen molar-refractivity contribution in [3.63, 3.8) is 0 Å². The molecule has 4 rings (SSSR count). The van der Waals surface area contributed by atoms with Crippen molar-refractivity contribution < 1.29 is 23.8 Å². The van der Waals surface area contributed by atoms with Gasteiger partial charge in [-0.05, 0) is 55.2 Å². The van der Waals surface area contributed by atoms with Gasteiger partial charge in [-0.25, -0.2) is 9.18 Å². The summed E-state index contributed by atoms with van der Waals surface area (Å²) in [4.78, 5) is 14.9. The SMILES string of the molecule is Cc1cc(-c2ccc([C@H](C)N3CCC(CC(C)(C)O)(c4ccc(F)cc4)OC3=O)cc2)cc[n+]1[O-]. The molecule has 184 valence electrons. The molecule has 7 heteroatoms. The van der Waals surface area contributed by atoms with Crippen LogP contribution in [-0.4, -0.2) is 28.2 Å². The average molecular weight is 479 g/mol. The van der Waals surface area contributed by atoms with Gasteiger partial charge in [0.2, 0.25) is 0 Å². The smallest absolute Gasteiger partial charge is 0.411 e. The van der Waals surface area contributed by atoms with Crippen LogP contribution in [0.15, 0.2) is 66.9 Å². The number of halogens is 1. The van der Waals surface area contributed by atoms with Crippen LogP contribution in [0.1, 0.15) is 56.5 Å². The first kappa shape index (κ1) is 24.7. The third-order valence-corrected chi connectivity index (χ3v) is 6.66. The number of cyclic esters (lactones) is 1. The number of ether oxygens (including phenoxy) is 1. The summed E-state index contributed by atoms with van der Waals surface area (Å²) in [7, 11) is 0. The van der Waals surface area contributed by atoms with Crippen molar-refractivity contribution in [2.75, 3.05) is 6.54 Å². The maximum atomic E-state index is 13.5. The lowest BCUT2D eigenvalue weighted by Crippen LogP contribution is -2.51. The summed E-state index contributed by atoms with van der Waals surface area (Å²) in [5, 5.41) is 22.2. The molecule has 1 unspecified atom stereocenters. The van der Waals surface area contributed by atoms with Gasteiger partial charge in [-0.1, -0.05) is 36.4 Å². The first-order chi connectivity index (χ1) is 16.5. The van der Waals surface area contributed by atoms with Crippen molar-refractivity contribution in [1.29, 1.82) is 0 Å². The van der Waals surface area contributed by atoms with Gasteiger partial charge in [0.1, 0.15) is 11.4 Å². The fourth-order valence-electron chi connectivity index (χ4n) is 4.82. The van der Waals surface area contributed by atoms with Gasteiger partial charge in [0.05, 0.1) is 11.6 Å². The molecule has 0 bridgehead atoms. The van der Waals surface area contributed by atoms with Crippen molar-refractivity contribution in [3.8, 4) is 11.1 Å². The molecule has 2 atom stereocenters. The first-order valence-electron chi connectivity index (χ1n) is 11.8. The van der Waals surface area contributed by atoms with Crippen molar-refractivity contribution in [2.45, 2.75) is 57.8 Å². The Morgan fingerprint density at radius 1 is 1.14 bits per heavy atom. The number of rotatable bonds is 6. The first-order valence-corrected chi connectivity index (χ1v) is 11.8. The number of hydrogen-bond acceptors (Lipinski definition) is 4. The highest BCUT2D eigenvalue weighted by Crippen LogP contribution is 2.42. The van der Waals surface area contributed by atoms with Crippen LogP contribution in [0.3, 0.4) is 0 Å². The normalized spacial score (nSPS) is 19.4. The van der Waals surface area contributed by atoms with Gasteiger partial charge in [-0.2, -0.15) is 4.73 Å². The molecular formula is C28H31FN2O4. The maximum Gasteiger partial charge on any atom is 0.411 e. The molecule has 3 aromatic rings. The van der Waals surface area contributed by atoms with Crippen LogP contribution in [0, 0.1) is 17.9 Å². The molecule has 1 saturated heterocycles.